The highest BCUT2D eigenvalue weighted by molar-refractivity contribution is 5.91. The van der Waals surface area contributed by atoms with E-state index in [1.165, 1.54) is 12.3 Å². The molecule has 0 aliphatic carbocycles. The number of aromatic amines is 1. The molecule has 2 aromatic rings. The summed E-state index contributed by atoms with van der Waals surface area (Å²) in [7, 11) is 0. The van der Waals surface area contributed by atoms with Crippen molar-refractivity contribution in [1.82, 2.24) is 15.0 Å². The van der Waals surface area contributed by atoms with E-state index in [4.69, 9.17) is 10.8 Å². The van der Waals surface area contributed by atoms with E-state index in [0.29, 0.717) is 17.0 Å². The fourth-order valence-corrected chi connectivity index (χ4v) is 2.39. The molecule has 3 heterocycles. The van der Waals surface area contributed by atoms with E-state index in [0.717, 1.165) is 25.9 Å². The fraction of sp³-hybridized carbons (Fsp3) is 0.385. The third kappa shape index (κ3) is 2.57. The number of piperidine rings is 1. The maximum Gasteiger partial charge on any atom is 0.341 e. The van der Waals surface area contributed by atoms with Crippen molar-refractivity contribution >= 4 is 23.0 Å². The van der Waals surface area contributed by atoms with Gasteiger partial charge in [-0.25, -0.2) is 9.78 Å². The van der Waals surface area contributed by atoms with Gasteiger partial charge in [0.05, 0.1) is 0 Å². The lowest BCUT2D eigenvalue weighted by Crippen LogP contribution is -2.40. The minimum atomic E-state index is -1.27. The van der Waals surface area contributed by atoms with E-state index in [1.54, 1.807) is 0 Å². The third-order valence-corrected chi connectivity index (χ3v) is 3.63. The number of hydrogen-bond donors (Lipinski definition) is 3. The second-order valence-electron chi connectivity index (χ2n) is 5.12. The van der Waals surface area contributed by atoms with Crippen LogP contribution in [-0.2, 0) is 0 Å². The summed E-state index contributed by atoms with van der Waals surface area (Å²) in [4.78, 5) is 35.7. The Labute approximate surface area is 119 Å². The number of H-pyrrole nitrogens is 1. The van der Waals surface area contributed by atoms with Crippen molar-refractivity contribution in [3.63, 3.8) is 0 Å². The van der Waals surface area contributed by atoms with Gasteiger partial charge in [0.15, 0.2) is 0 Å². The van der Waals surface area contributed by atoms with Crippen molar-refractivity contribution in [3.8, 4) is 0 Å². The summed E-state index contributed by atoms with van der Waals surface area (Å²) in [5.74, 6) is -0.750. The lowest BCUT2D eigenvalue weighted by molar-refractivity contribution is 0.0695. The first-order valence-corrected chi connectivity index (χ1v) is 6.68. The van der Waals surface area contributed by atoms with Crippen LogP contribution in [0.5, 0.6) is 0 Å². The molecule has 0 bridgehead atoms. The normalized spacial score (nSPS) is 16.3. The number of rotatable bonds is 2. The SMILES string of the molecule is NC1CCN(c2ncc3cc(C(=O)O)c(=O)[nH]c3n2)CC1. The highest BCUT2D eigenvalue weighted by atomic mass is 16.4. The maximum atomic E-state index is 11.7. The second-order valence-corrected chi connectivity index (χ2v) is 5.12. The van der Waals surface area contributed by atoms with Crippen LogP contribution < -0.4 is 16.2 Å². The summed E-state index contributed by atoms with van der Waals surface area (Å²) in [6, 6.07) is 1.49. The van der Waals surface area contributed by atoms with Crippen LogP contribution in [0.2, 0.25) is 0 Å². The van der Waals surface area contributed by atoms with Crippen LogP contribution in [0.1, 0.15) is 23.2 Å². The molecule has 0 amide bonds. The van der Waals surface area contributed by atoms with Gasteiger partial charge < -0.3 is 20.7 Å². The van der Waals surface area contributed by atoms with E-state index >= 15 is 0 Å². The Morgan fingerprint density at radius 1 is 1.43 bits per heavy atom. The summed E-state index contributed by atoms with van der Waals surface area (Å²) in [5.41, 5.74) is 5.21. The molecule has 0 radical (unpaired) electrons. The van der Waals surface area contributed by atoms with Gasteiger partial charge in [0.2, 0.25) is 5.95 Å². The van der Waals surface area contributed by atoms with Crippen LogP contribution in [0.3, 0.4) is 0 Å². The number of aromatic nitrogens is 3. The van der Waals surface area contributed by atoms with Crippen LogP contribution >= 0.6 is 0 Å². The topological polar surface area (TPSA) is 125 Å². The maximum absolute atomic E-state index is 11.7. The Morgan fingerprint density at radius 3 is 2.81 bits per heavy atom. The van der Waals surface area contributed by atoms with Gasteiger partial charge in [0.1, 0.15) is 11.2 Å². The van der Waals surface area contributed by atoms with Gasteiger partial charge in [0, 0.05) is 30.7 Å². The third-order valence-electron chi connectivity index (χ3n) is 3.63. The molecule has 21 heavy (non-hydrogen) atoms. The van der Waals surface area contributed by atoms with E-state index in [-0.39, 0.29) is 11.6 Å². The second kappa shape index (κ2) is 5.13. The van der Waals surface area contributed by atoms with E-state index in [9.17, 15) is 9.59 Å². The molecule has 1 fully saturated rings. The van der Waals surface area contributed by atoms with Crippen LogP contribution in [0.4, 0.5) is 5.95 Å². The van der Waals surface area contributed by atoms with Gasteiger partial charge in [-0.1, -0.05) is 0 Å². The van der Waals surface area contributed by atoms with Gasteiger partial charge in [-0.15, -0.1) is 0 Å². The number of aromatic carboxylic acids is 1. The quantitative estimate of drug-likeness (QED) is 0.707. The van der Waals surface area contributed by atoms with Crippen molar-refractivity contribution in [2.24, 2.45) is 5.73 Å². The summed E-state index contributed by atoms with van der Waals surface area (Å²) < 4.78 is 0. The molecule has 1 aliphatic heterocycles. The number of pyridine rings is 1. The van der Waals surface area contributed by atoms with E-state index in [1.807, 2.05) is 4.90 Å². The number of nitrogens with two attached hydrogens (primary N) is 1. The van der Waals surface area contributed by atoms with E-state index < -0.39 is 11.5 Å². The molecule has 8 nitrogen and oxygen atoms in total. The zero-order chi connectivity index (χ0) is 15.0. The molecule has 4 N–H and O–H groups in total. The fourth-order valence-electron chi connectivity index (χ4n) is 2.39. The Balaban J connectivity index is 1.99. The predicted octanol–water partition coefficient (Wildman–Crippen LogP) is -0.0562. The molecule has 0 aromatic carbocycles. The number of carboxylic acid groups (broad SMARTS) is 1. The molecule has 1 aliphatic rings. The number of anilines is 1. The number of nitrogens with zero attached hydrogens (tertiary/aromatic N) is 3. The molecule has 0 saturated carbocycles. The monoisotopic (exact) mass is 289 g/mol. The summed E-state index contributed by atoms with van der Waals surface area (Å²) in [5, 5.41) is 9.42. The first-order chi connectivity index (χ1) is 10.0. The van der Waals surface area contributed by atoms with Gasteiger partial charge in [-0.05, 0) is 18.9 Å². The van der Waals surface area contributed by atoms with Gasteiger partial charge in [-0.2, -0.15) is 4.98 Å². The largest absolute Gasteiger partial charge is 0.477 e. The first-order valence-electron chi connectivity index (χ1n) is 6.68. The summed E-state index contributed by atoms with van der Waals surface area (Å²) >= 11 is 0. The average Bonchev–Trinajstić information content (AvgIpc) is 2.46. The van der Waals surface area contributed by atoms with Crippen molar-refractivity contribution in [2.45, 2.75) is 18.9 Å². The first kappa shape index (κ1) is 13.5. The molecule has 0 spiro atoms. The smallest absolute Gasteiger partial charge is 0.341 e. The number of nitrogens with one attached hydrogen (secondary N) is 1. The lowest BCUT2D eigenvalue weighted by atomic mass is 10.1. The highest BCUT2D eigenvalue weighted by Gasteiger charge is 2.19. The number of carboxylic acids is 1. The molecule has 2 aromatic heterocycles. The molecule has 0 atom stereocenters. The average molecular weight is 289 g/mol. The Bertz CT molecular complexity index is 749. The zero-order valence-corrected chi connectivity index (χ0v) is 11.2. The zero-order valence-electron chi connectivity index (χ0n) is 11.2. The molecule has 110 valence electrons. The molecular formula is C13H15N5O3. The number of fused-ring (bicyclic) bond motifs is 1. The van der Waals surface area contributed by atoms with Crippen LogP contribution in [0.15, 0.2) is 17.1 Å². The molecule has 3 rings (SSSR count). The number of carbonyl (C=O) groups is 1. The number of hydrogen-bond acceptors (Lipinski definition) is 6. The highest BCUT2D eigenvalue weighted by Crippen LogP contribution is 2.17. The summed E-state index contributed by atoms with van der Waals surface area (Å²) in [6.45, 7) is 1.54. The minimum Gasteiger partial charge on any atom is -0.477 e. The van der Waals surface area contributed by atoms with Gasteiger partial charge in [0.25, 0.3) is 5.56 Å². The molecule has 8 heteroatoms. The van der Waals surface area contributed by atoms with Crippen LogP contribution in [-0.4, -0.2) is 45.2 Å². The molecule has 1 saturated heterocycles. The lowest BCUT2D eigenvalue weighted by Gasteiger charge is -2.30. The molecule has 0 unspecified atom stereocenters. The Morgan fingerprint density at radius 2 is 2.14 bits per heavy atom. The summed E-state index contributed by atoms with van der Waals surface area (Å²) in [6.07, 6.45) is 3.26. The molecular weight excluding hydrogens is 274 g/mol. The Hall–Kier alpha value is -2.48. The van der Waals surface area contributed by atoms with Gasteiger partial charge in [-0.3, -0.25) is 4.79 Å². The van der Waals surface area contributed by atoms with Crippen LogP contribution in [0, 0.1) is 0 Å². The van der Waals surface area contributed by atoms with Crippen molar-refractivity contribution < 1.29 is 9.90 Å². The van der Waals surface area contributed by atoms with Crippen LogP contribution in [0.25, 0.3) is 11.0 Å². The predicted molar refractivity (Wildman–Crippen MR) is 76.5 cm³/mol. The van der Waals surface area contributed by atoms with Crippen molar-refractivity contribution in [3.05, 3.63) is 28.2 Å². The van der Waals surface area contributed by atoms with Crippen molar-refractivity contribution in [2.75, 3.05) is 18.0 Å². The van der Waals surface area contributed by atoms with Crippen molar-refractivity contribution in [1.29, 1.82) is 0 Å². The Kier molecular flexibility index (Phi) is 3.30. The van der Waals surface area contributed by atoms with E-state index in [2.05, 4.69) is 15.0 Å². The van der Waals surface area contributed by atoms with Gasteiger partial charge >= 0.3 is 5.97 Å². The minimum absolute atomic E-state index is 0.208. The standard InChI is InChI=1S/C13H15N5O3/c14-8-1-3-18(4-2-8)13-15-6-7-5-9(12(20)21)11(19)16-10(7)17-13/h5-6,8H,1-4,14H2,(H,20,21)(H,15,16,17,19).